The molecule has 0 unspecified atom stereocenters. The van der Waals surface area contributed by atoms with Gasteiger partial charge in [0.25, 0.3) is 0 Å². The lowest BCUT2D eigenvalue weighted by atomic mass is 9.98. The summed E-state index contributed by atoms with van der Waals surface area (Å²) in [5, 5.41) is 14.3. The molecule has 176 valence electrons. The Hall–Kier alpha value is -4.33. The molecule has 0 atom stereocenters. The maximum absolute atomic E-state index is 12.7. The van der Waals surface area contributed by atoms with Crippen molar-refractivity contribution in [1.29, 1.82) is 0 Å². The molecule has 0 radical (unpaired) electrons. The number of H-pyrrole nitrogens is 1. The Morgan fingerprint density at radius 2 is 1.77 bits per heavy atom. The summed E-state index contributed by atoms with van der Waals surface area (Å²) in [6.07, 6.45) is 0. The van der Waals surface area contributed by atoms with Crippen LogP contribution < -0.4 is 0 Å². The van der Waals surface area contributed by atoms with Gasteiger partial charge in [0.2, 0.25) is 0 Å². The van der Waals surface area contributed by atoms with E-state index in [2.05, 4.69) is 69.4 Å². The SMILES string of the molecule is CCOC(=O)c1cccc2nc(C(C)C)n(Cc3ccc(-c4ccccc4-c4nnn[nH]4)cc3)c12. The van der Waals surface area contributed by atoms with E-state index >= 15 is 0 Å². The molecule has 3 aromatic carbocycles. The molecule has 8 nitrogen and oxygen atoms in total. The second-order valence-corrected chi connectivity index (χ2v) is 8.60. The Morgan fingerprint density at radius 1 is 1.00 bits per heavy atom. The van der Waals surface area contributed by atoms with Crippen LogP contribution in [0.25, 0.3) is 33.5 Å². The largest absolute Gasteiger partial charge is 0.462 e. The number of aromatic amines is 1. The average molecular weight is 467 g/mol. The van der Waals surface area contributed by atoms with E-state index in [1.165, 1.54) is 0 Å². The zero-order valence-corrected chi connectivity index (χ0v) is 19.9. The summed E-state index contributed by atoms with van der Waals surface area (Å²) >= 11 is 0. The van der Waals surface area contributed by atoms with Gasteiger partial charge in [-0.15, -0.1) is 5.10 Å². The van der Waals surface area contributed by atoms with Crippen LogP contribution in [0.3, 0.4) is 0 Å². The third-order valence-electron chi connectivity index (χ3n) is 5.94. The zero-order chi connectivity index (χ0) is 24.4. The Morgan fingerprint density at radius 3 is 2.46 bits per heavy atom. The van der Waals surface area contributed by atoms with E-state index in [0.717, 1.165) is 39.1 Å². The van der Waals surface area contributed by atoms with Gasteiger partial charge in [0, 0.05) is 18.0 Å². The van der Waals surface area contributed by atoms with Crippen molar-refractivity contribution >= 4 is 17.0 Å². The van der Waals surface area contributed by atoms with Crippen LogP contribution in [0.15, 0.2) is 66.7 Å². The monoisotopic (exact) mass is 466 g/mol. The molecule has 0 spiro atoms. The molecule has 5 aromatic rings. The number of esters is 1. The van der Waals surface area contributed by atoms with E-state index in [9.17, 15) is 4.79 Å². The maximum atomic E-state index is 12.7. The van der Waals surface area contributed by atoms with E-state index in [4.69, 9.17) is 9.72 Å². The third kappa shape index (κ3) is 4.30. The molecule has 5 rings (SSSR count). The first kappa shape index (κ1) is 22.5. The van der Waals surface area contributed by atoms with E-state index in [-0.39, 0.29) is 11.9 Å². The number of benzene rings is 3. The van der Waals surface area contributed by atoms with Crippen molar-refractivity contribution in [1.82, 2.24) is 30.2 Å². The summed E-state index contributed by atoms with van der Waals surface area (Å²) in [6, 6.07) is 22.0. The zero-order valence-electron chi connectivity index (χ0n) is 19.9. The van der Waals surface area contributed by atoms with Crippen LogP contribution in [-0.4, -0.2) is 42.8 Å². The van der Waals surface area contributed by atoms with E-state index < -0.39 is 0 Å². The minimum Gasteiger partial charge on any atom is -0.462 e. The third-order valence-corrected chi connectivity index (χ3v) is 5.94. The first-order chi connectivity index (χ1) is 17.1. The molecule has 0 aliphatic carbocycles. The number of carbonyl (C=O) groups excluding carboxylic acids is 1. The van der Waals surface area contributed by atoms with Crippen LogP contribution in [0.1, 0.15) is 48.4 Å². The summed E-state index contributed by atoms with van der Waals surface area (Å²) in [5.41, 5.74) is 6.28. The highest BCUT2D eigenvalue weighted by molar-refractivity contribution is 6.02. The number of hydrogen-bond donors (Lipinski definition) is 1. The number of tetrazole rings is 1. The number of imidazole rings is 1. The van der Waals surface area contributed by atoms with Crippen LogP contribution in [0.4, 0.5) is 0 Å². The maximum Gasteiger partial charge on any atom is 0.340 e. The number of fused-ring (bicyclic) bond motifs is 1. The Balaban J connectivity index is 1.53. The fourth-order valence-corrected chi connectivity index (χ4v) is 4.36. The molecule has 0 bridgehead atoms. The van der Waals surface area contributed by atoms with Gasteiger partial charge in [-0.25, -0.2) is 14.9 Å². The van der Waals surface area contributed by atoms with Crippen LogP contribution in [0, 0.1) is 0 Å². The van der Waals surface area contributed by atoms with Gasteiger partial charge < -0.3 is 9.30 Å². The number of nitrogens with zero attached hydrogens (tertiary/aromatic N) is 5. The fourth-order valence-electron chi connectivity index (χ4n) is 4.36. The predicted octanol–water partition coefficient (Wildman–Crippen LogP) is 5.23. The van der Waals surface area contributed by atoms with Crippen LogP contribution in [0.5, 0.6) is 0 Å². The number of para-hydroxylation sites is 1. The minimum absolute atomic E-state index is 0.194. The highest BCUT2D eigenvalue weighted by Gasteiger charge is 2.20. The van der Waals surface area contributed by atoms with E-state index in [0.29, 0.717) is 24.5 Å². The first-order valence-electron chi connectivity index (χ1n) is 11.7. The van der Waals surface area contributed by atoms with Crippen molar-refractivity contribution in [3.63, 3.8) is 0 Å². The highest BCUT2D eigenvalue weighted by Crippen LogP contribution is 2.31. The molecule has 2 heterocycles. The van der Waals surface area contributed by atoms with Gasteiger partial charge >= 0.3 is 5.97 Å². The second kappa shape index (κ2) is 9.50. The first-order valence-corrected chi connectivity index (χ1v) is 11.7. The average Bonchev–Trinajstić information content (AvgIpc) is 3.53. The van der Waals surface area contributed by atoms with Crippen molar-refractivity contribution in [2.75, 3.05) is 6.61 Å². The molecule has 1 N–H and O–H groups in total. The predicted molar refractivity (Wildman–Crippen MR) is 134 cm³/mol. The highest BCUT2D eigenvalue weighted by atomic mass is 16.5. The topological polar surface area (TPSA) is 98.6 Å². The van der Waals surface area contributed by atoms with Gasteiger partial charge in [-0.1, -0.05) is 68.4 Å². The van der Waals surface area contributed by atoms with Crippen molar-refractivity contribution in [3.8, 4) is 22.5 Å². The molecule has 2 aromatic heterocycles. The smallest absolute Gasteiger partial charge is 0.340 e. The summed E-state index contributed by atoms with van der Waals surface area (Å²) in [5.74, 6) is 1.43. The molecule has 8 heteroatoms. The molecule has 0 fully saturated rings. The van der Waals surface area contributed by atoms with Gasteiger partial charge in [-0.2, -0.15) is 0 Å². The molecule has 0 aliphatic rings. The van der Waals surface area contributed by atoms with Crippen molar-refractivity contribution in [2.24, 2.45) is 0 Å². The van der Waals surface area contributed by atoms with Crippen LogP contribution in [-0.2, 0) is 11.3 Å². The molecule has 0 saturated heterocycles. The normalized spacial score (nSPS) is 11.3. The van der Waals surface area contributed by atoms with Gasteiger partial charge in [0.1, 0.15) is 5.82 Å². The molecule has 0 aliphatic heterocycles. The summed E-state index contributed by atoms with van der Waals surface area (Å²) in [4.78, 5) is 17.5. The molecule has 0 amide bonds. The number of hydrogen-bond acceptors (Lipinski definition) is 6. The van der Waals surface area contributed by atoms with Gasteiger partial charge in [0.15, 0.2) is 5.82 Å². The summed E-state index contributed by atoms with van der Waals surface area (Å²) < 4.78 is 7.46. The van der Waals surface area contributed by atoms with Crippen LogP contribution in [0.2, 0.25) is 0 Å². The quantitative estimate of drug-likeness (QED) is 0.330. The van der Waals surface area contributed by atoms with E-state index in [1.54, 1.807) is 6.07 Å². The number of nitrogens with one attached hydrogen (secondary N) is 1. The Bertz CT molecular complexity index is 1470. The summed E-state index contributed by atoms with van der Waals surface area (Å²) in [6.45, 7) is 6.95. The Kier molecular flexibility index (Phi) is 6.10. The van der Waals surface area contributed by atoms with Gasteiger partial charge in [0.05, 0.1) is 23.2 Å². The molecule has 0 saturated carbocycles. The van der Waals surface area contributed by atoms with Crippen molar-refractivity contribution in [3.05, 3.63) is 83.7 Å². The standard InChI is InChI=1S/C27H26N6O2/c1-4-35-27(34)22-10-7-11-23-24(22)33(26(28-23)17(2)3)16-18-12-14-19(15-13-18)20-8-5-6-9-21(20)25-29-31-32-30-25/h5-15,17H,4,16H2,1-3H3,(H,29,30,31,32). The Labute approximate surface area is 203 Å². The molecular formula is C27H26N6O2. The molecule has 35 heavy (non-hydrogen) atoms. The minimum atomic E-state index is -0.330. The lowest BCUT2D eigenvalue weighted by Crippen LogP contribution is -2.11. The van der Waals surface area contributed by atoms with Crippen LogP contribution >= 0.6 is 0 Å². The van der Waals surface area contributed by atoms with Crippen molar-refractivity contribution in [2.45, 2.75) is 33.2 Å². The lowest BCUT2D eigenvalue weighted by Gasteiger charge is -2.14. The number of rotatable bonds is 7. The number of aromatic nitrogens is 6. The second-order valence-electron chi connectivity index (χ2n) is 8.60. The number of carbonyl (C=O) groups is 1. The lowest BCUT2D eigenvalue weighted by molar-refractivity contribution is 0.0528. The summed E-state index contributed by atoms with van der Waals surface area (Å²) in [7, 11) is 0. The molecular weight excluding hydrogens is 440 g/mol. The number of ether oxygens (including phenoxy) is 1. The van der Waals surface area contributed by atoms with Crippen molar-refractivity contribution < 1.29 is 9.53 Å². The van der Waals surface area contributed by atoms with Gasteiger partial charge in [-0.3, -0.25) is 0 Å². The van der Waals surface area contributed by atoms with E-state index in [1.807, 2.05) is 37.3 Å². The fraction of sp³-hybridized carbons (Fsp3) is 0.222. The van der Waals surface area contributed by atoms with Gasteiger partial charge in [-0.05, 0) is 46.2 Å².